The van der Waals surface area contributed by atoms with Crippen molar-refractivity contribution in [3.05, 3.63) is 72.1 Å². The minimum absolute atomic E-state index is 0.0220. The van der Waals surface area contributed by atoms with E-state index in [2.05, 4.69) is 10.3 Å². The van der Waals surface area contributed by atoms with E-state index < -0.39 is 27.7 Å². The largest absolute Gasteiger partial charge is 0.496 e. The van der Waals surface area contributed by atoms with Gasteiger partial charge >= 0.3 is 6.18 Å². The smallest absolute Gasteiger partial charge is 0.416 e. The first kappa shape index (κ1) is 23.4. The Balaban J connectivity index is 1.66. The first-order chi connectivity index (χ1) is 16.1. The zero-order chi connectivity index (χ0) is 24.5. The topological polar surface area (TPSA) is 97.8 Å². The molecule has 0 unspecified atom stereocenters. The highest BCUT2D eigenvalue weighted by Gasteiger charge is 2.34. The summed E-state index contributed by atoms with van der Waals surface area (Å²) in [5, 5.41) is 2.60. The van der Waals surface area contributed by atoms with Gasteiger partial charge in [-0.2, -0.15) is 13.2 Å². The van der Waals surface area contributed by atoms with Gasteiger partial charge in [-0.1, -0.05) is 0 Å². The summed E-state index contributed by atoms with van der Waals surface area (Å²) in [6, 6.07) is 9.42. The summed E-state index contributed by atoms with van der Waals surface area (Å²) in [6.45, 7) is -0.136. The SMILES string of the molecule is COc1ccncc1C(=O)Nc1ccc2c(c1)S(=O)(=O)N(c1ccc(C(F)(F)F)cc1)CCO2. The number of hydrogen-bond acceptors (Lipinski definition) is 6. The highest BCUT2D eigenvalue weighted by atomic mass is 32.2. The number of ether oxygens (including phenoxy) is 2. The molecule has 0 spiro atoms. The Morgan fingerprint density at radius 2 is 1.88 bits per heavy atom. The third-order valence-corrected chi connectivity index (χ3v) is 6.90. The standard InChI is InChI=1S/C22H18F3N3O5S/c1-32-18-8-9-26-13-17(18)21(29)27-15-4-7-19-20(12-15)34(30,31)28(10-11-33-19)16-5-2-14(3-6-16)22(23,24)25/h2-9,12-13H,10-11H2,1H3,(H,27,29). The molecular weight excluding hydrogens is 475 g/mol. The van der Waals surface area contributed by atoms with Gasteiger partial charge in [0.05, 0.1) is 30.5 Å². The van der Waals surface area contributed by atoms with Crippen molar-refractivity contribution in [3.8, 4) is 11.5 Å². The predicted octanol–water partition coefficient (Wildman–Crippen LogP) is 3.95. The molecular formula is C22H18F3N3O5S. The molecule has 3 aromatic rings. The minimum Gasteiger partial charge on any atom is -0.496 e. The van der Waals surface area contributed by atoms with Gasteiger partial charge in [-0.25, -0.2) is 8.42 Å². The average Bonchev–Trinajstić information content (AvgIpc) is 2.94. The Morgan fingerprint density at radius 3 is 2.56 bits per heavy atom. The molecule has 2 heterocycles. The van der Waals surface area contributed by atoms with Gasteiger partial charge in [-0.3, -0.25) is 14.1 Å². The number of fused-ring (bicyclic) bond motifs is 1. The molecule has 1 aliphatic rings. The number of methoxy groups -OCH3 is 1. The third-order valence-electron chi connectivity index (χ3n) is 5.05. The van der Waals surface area contributed by atoms with Crippen molar-refractivity contribution < 1.29 is 35.9 Å². The van der Waals surface area contributed by atoms with Crippen LogP contribution in [0.5, 0.6) is 11.5 Å². The van der Waals surface area contributed by atoms with Crippen LogP contribution >= 0.6 is 0 Å². The monoisotopic (exact) mass is 493 g/mol. The van der Waals surface area contributed by atoms with Crippen LogP contribution in [0.2, 0.25) is 0 Å². The molecule has 0 saturated heterocycles. The maximum Gasteiger partial charge on any atom is 0.416 e. The van der Waals surface area contributed by atoms with E-state index in [9.17, 15) is 26.4 Å². The molecule has 0 radical (unpaired) electrons. The lowest BCUT2D eigenvalue weighted by Crippen LogP contribution is -2.32. The van der Waals surface area contributed by atoms with Gasteiger partial charge in [0.2, 0.25) is 0 Å². The van der Waals surface area contributed by atoms with Crippen molar-refractivity contribution in [2.45, 2.75) is 11.1 Å². The van der Waals surface area contributed by atoms with Crippen LogP contribution in [0, 0.1) is 0 Å². The molecule has 8 nitrogen and oxygen atoms in total. The van der Waals surface area contributed by atoms with Crippen LogP contribution in [0.1, 0.15) is 15.9 Å². The molecule has 0 saturated carbocycles. The van der Waals surface area contributed by atoms with Crippen molar-refractivity contribution in [2.75, 3.05) is 29.9 Å². The van der Waals surface area contributed by atoms with Crippen LogP contribution in [-0.2, 0) is 16.2 Å². The fraction of sp³-hybridized carbons (Fsp3) is 0.182. The summed E-state index contributed by atoms with van der Waals surface area (Å²) in [6.07, 6.45) is -1.78. The maximum atomic E-state index is 13.4. The highest BCUT2D eigenvalue weighted by Crippen LogP contribution is 2.36. The number of alkyl halides is 3. The van der Waals surface area contributed by atoms with E-state index >= 15 is 0 Å². The molecule has 12 heteroatoms. The number of amides is 1. The lowest BCUT2D eigenvalue weighted by atomic mass is 10.2. The number of anilines is 2. The van der Waals surface area contributed by atoms with Crippen LogP contribution < -0.4 is 19.1 Å². The van der Waals surface area contributed by atoms with Gasteiger partial charge in [0.25, 0.3) is 15.9 Å². The summed E-state index contributed by atoms with van der Waals surface area (Å²) in [5.41, 5.74) is -0.531. The molecule has 0 atom stereocenters. The maximum absolute atomic E-state index is 13.4. The Morgan fingerprint density at radius 1 is 1.15 bits per heavy atom. The van der Waals surface area contributed by atoms with Crippen molar-refractivity contribution in [1.82, 2.24) is 4.98 Å². The number of hydrogen-bond donors (Lipinski definition) is 1. The number of aromatic nitrogens is 1. The quantitative estimate of drug-likeness (QED) is 0.591. The Bertz CT molecular complexity index is 1330. The first-order valence-electron chi connectivity index (χ1n) is 9.87. The number of benzene rings is 2. The molecule has 1 aromatic heterocycles. The Labute approximate surface area is 193 Å². The lowest BCUT2D eigenvalue weighted by Gasteiger charge is -2.22. The second kappa shape index (κ2) is 8.86. The fourth-order valence-electron chi connectivity index (χ4n) is 3.40. The lowest BCUT2D eigenvalue weighted by molar-refractivity contribution is -0.137. The Hall–Kier alpha value is -3.80. The van der Waals surface area contributed by atoms with Gasteiger partial charge in [0.15, 0.2) is 0 Å². The number of carbonyl (C=O) groups is 1. The molecule has 1 N–H and O–H groups in total. The summed E-state index contributed by atoms with van der Waals surface area (Å²) >= 11 is 0. The molecule has 2 aromatic carbocycles. The zero-order valence-corrected chi connectivity index (χ0v) is 18.5. The molecule has 0 bridgehead atoms. The van der Waals surface area contributed by atoms with Crippen LogP contribution in [0.25, 0.3) is 0 Å². The number of nitrogens with one attached hydrogen (secondary N) is 1. The van der Waals surface area contributed by atoms with Gasteiger partial charge in [0, 0.05) is 18.1 Å². The van der Waals surface area contributed by atoms with E-state index in [-0.39, 0.29) is 46.5 Å². The summed E-state index contributed by atoms with van der Waals surface area (Å²) < 4.78 is 77.1. The summed E-state index contributed by atoms with van der Waals surface area (Å²) in [4.78, 5) is 16.3. The summed E-state index contributed by atoms with van der Waals surface area (Å²) in [5.74, 6) is -0.227. The van der Waals surface area contributed by atoms with E-state index in [4.69, 9.17) is 9.47 Å². The van der Waals surface area contributed by atoms with Gasteiger partial charge in [-0.05, 0) is 48.5 Å². The van der Waals surface area contributed by atoms with Crippen molar-refractivity contribution >= 4 is 27.3 Å². The number of carbonyl (C=O) groups excluding carboxylic acids is 1. The number of rotatable bonds is 4. The fourth-order valence-corrected chi connectivity index (χ4v) is 5.01. The number of nitrogens with zero attached hydrogens (tertiary/aromatic N) is 2. The van der Waals surface area contributed by atoms with E-state index in [0.717, 1.165) is 28.6 Å². The third kappa shape index (κ3) is 4.49. The van der Waals surface area contributed by atoms with Gasteiger partial charge in [0.1, 0.15) is 23.0 Å². The van der Waals surface area contributed by atoms with Crippen LogP contribution in [0.3, 0.4) is 0 Å². The minimum atomic E-state index is -4.55. The highest BCUT2D eigenvalue weighted by molar-refractivity contribution is 7.93. The second-order valence-corrected chi connectivity index (χ2v) is 8.99. The Kier molecular flexibility index (Phi) is 6.09. The summed E-state index contributed by atoms with van der Waals surface area (Å²) in [7, 11) is -2.82. The molecule has 0 aliphatic carbocycles. The van der Waals surface area contributed by atoms with Crippen LogP contribution in [-0.4, -0.2) is 39.6 Å². The molecule has 4 rings (SSSR count). The van der Waals surface area contributed by atoms with E-state index in [0.29, 0.717) is 0 Å². The molecule has 0 fully saturated rings. The molecule has 1 amide bonds. The van der Waals surface area contributed by atoms with E-state index in [1.165, 1.54) is 43.8 Å². The van der Waals surface area contributed by atoms with Crippen LogP contribution in [0.4, 0.5) is 24.5 Å². The van der Waals surface area contributed by atoms with Crippen LogP contribution in [0.15, 0.2) is 65.8 Å². The van der Waals surface area contributed by atoms with E-state index in [1.807, 2.05) is 0 Å². The molecule has 1 aliphatic heterocycles. The van der Waals surface area contributed by atoms with E-state index in [1.54, 1.807) is 0 Å². The van der Waals surface area contributed by atoms with Crippen molar-refractivity contribution in [2.24, 2.45) is 0 Å². The number of halogens is 3. The molecule has 34 heavy (non-hydrogen) atoms. The average molecular weight is 493 g/mol. The second-order valence-electron chi connectivity index (χ2n) is 7.16. The normalized spacial score (nSPS) is 15.0. The van der Waals surface area contributed by atoms with Gasteiger partial charge < -0.3 is 14.8 Å². The zero-order valence-electron chi connectivity index (χ0n) is 17.7. The molecule has 178 valence electrons. The van der Waals surface area contributed by atoms with Gasteiger partial charge in [-0.15, -0.1) is 0 Å². The van der Waals surface area contributed by atoms with Crippen molar-refractivity contribution in [3.63, 3.8) is 0 Å². The first-order valence-corrected chi connectivity index (χ1v) is 11.3. The number of sulfonamides is 1. The van der Waals surface area contributed by atoms with Crippen molar-refractivity contribution in [1.29, 1.82) is 0 Å². The predicted molar refractivity (Wildman–Crippen MR) is 117 cm³/mol. The number of pyridine rings is 1.